The van der Waals surface area contributed by atoms with E-state index in [1.54, 1.807) is 12.3 Å². The number of nitrogens with zero attached hydrogens (tertiary/aromatic N) is 1. The quantitative estimate of drug-likeness (QED) is 0.651. The van der Waals surface area contributed by atoms with Gasteiger partial charge in [-0.1, -0.05) is 19.4 Å². The molecular formula is C9H12NO. The maximum Gasteiger partial charge on any atom is 0.135 e. The molecule has 0 N–H and O–H groups in total. The maximum atomic E-state index is 11.3. The van der Waals surface area contributed by atoms with Gasteiger partial charge in [-0.3, -0.25) is 4.98 Å². The lowest BCUT2D eigenvalue weighted by Crippen LogP contribution is -1.96. The number of hydrogen-bond donors (Lipinski definition) is 0. The van der Waals surface area contributed by atoms with Crippen LogP contribution in [0.15, 0.2) is 24.4 Å². The van der Waals surface area contributed by atoms with Crippen LogP contribution in [0.5, 0.6) is 0 Å². The molecule has 0 saturated heterocycles. The average molecular weight is 150 g/mol. The van der Waals surface area contributed by atoms with Crippen LogP contribution in [0.3, 0.4) is 0 Å². The van der Waals surface area contributed by atoms with Crippen LogP contribution in [0.25, 0.3) is 0 Å². The van der Waals surface area contributed by atoms with E-state index >= 15 is 0 Å². The SMILES string of the molecule is CCCC([O])c1ccccn1. The number of rotatable bonds is 3. The molecule has 1 rings (SSSR count). The Labute approximate surface area is 66.9 Å². The first-order chi connectivity index (χ1) is 5.34. The minimum Gasteiger partial charge on any atom is -0.258 e. The second kappa shape index (κ2) is 4.09. The second-order valence-electron chi connectivity index (χ2n) is 2.53. The summed E-state index contributed by atoms with van der Waals surface area (Å²) in [5.74, 6) is 0. The van der Waals surface area contributed by atoms with Crippen LogP contribution in [-0.4, -0.2) is 4.98 Å². The normalized spacial score (nSPS) is 12.9. The van der Waals surface area contributed by atoms with Crippen molar-refractivity contribution in [3.05, 3.63) is 30.1 Å². The Morgan fingerprint density at radius 3 is 2.91 bits per heavy atom. The van der Waals surface area contributed by atoms with Crippen LogP contribution in [0.2, 0.25) is 0 Å². The Bertz CT molecular complexity index is 198. The van der Waals surface area contributed by atoms with Gasteiger partial charge in [0.1, 0.15) is 6.10 Å². The largest absolute Gasteiger partial charge is 0.258 e. The van der Waals surface area contributed by atoms with E-state index in [1.165, 1.54) is 0 Å². The summed E-state index contributed by atoms with van der Waals surface area (Å²) in [6.45, 7) is 2.01. The molecule has 0 bridgehead atoms. The van der Waals surface area contributed by atoms with Crippen LogP contribution in [0, 0.1) is 0 Å². The van der Waals surface area contributed by atoms with Gasteiger partial charge in [-0.25, -0.2) is 5.11 Å². The molecule has 1 atom stereocenters. The van der Waals surface area contributed by atoms with E-state index < -0.39 is 6.10 Å². The summed E-state index contributed by atoms with van der Waals surface area (Å²) in [5.41, 5.74) is 0.661. The van der Waals surface area contributed by atoms with E-state index in [9.17, 15) is 5.11 Å². The van der Waals surface area contributed by atoms with Gasteiger partial charge in [0.2, 0.25) is 0 Å². The van der Waals surface area contributed by atoms with Gasteiger partial charge >= 0.3 is 0 Å². The summed E-state index contributed by atoms with van der Waals surface area (Å²) in [6.07, 6.45) is 2.62. The molecule has 1 aromatic heterocycles. The minimum atomic E-state index is -0.638. The molecule has 0 aliphatic rings. The Morgan fingerprint density at radius 2 is 2.36 bits per heavy atom. The molecule has 0 aliphatic carbocycles. The summed E-state index contributed by atoms with van der Waals surface area (Å²) >= 11 is 0. The number of hydrogen-bond acceptors (Lipinski definition) is 1. The molecule has 11 heavy (non-hydrogen) atoms. The van der Waals surface area contributed by atoms with Gasteiger partial charge in [0.25, 0.3) is 0 Å². The van der Waals surface area contributed by atoms with E-state index in [4.69, 9.17) is 0 Å². The average Bonchev–Trinajstić information content (AvgIpc) is 2.07. The van der Waals surface area contributed by atoms with Gasteiger partial charge in [0, 0.05) is 6.20 Å². The van der Waals surface area contributed by atoms with Crippen molar-refractivity contribution in [3.63, 3.8) is 0 Å². The minimum absolute atomic E-state index is 0.638. The molecule has 2 heteroatoms. The fourth-order valence-corrected chi connectivity index (χ4v) is 0.976. The molecule has 0 amide bonds. The van der Waals surface area contributed by atoms with Crippen LogP contribution in [-0.2, 0) is 5.11 Å². The van der Waals surface area contributed by atoms with Crippen molar-refractivity contribution >= 4 is 0 Å². The third-order valence-electron chi connectivity index (χ3n) is 1.57. The highest BCUT2D eigenvalue weighted by Gasteiger charge is 2.07. The smallest absolute Gasteiger partial charge is 0.135 e. The van der Waals surface area contributed by atoms with Gasteiger partial charge in [0.05, 0.1) is 5.69 Å². The fraction of sp³-hybridized carbons (Fsp3) is 0.444. The van der Waals surface area contributed by atoms with Gasteiger partial charge in [0.15, 0.2) is 0 Å². The molecule has 0 fully saturated rings. The summed E-state index contributed by atoms with van der Waals surface area (Å²) in [7, 11) is 0. The van der Waals surface area contributed by atoms with Gasteiger partial charge in [-0.2, -0.15) is 0 Å². The highest BCUT2D eigenvalue weighted by Crippen LogP contribution is 2.15. The molecule has 59 valence electrons. The molecule has 1 unspecified atom stereocenters. The summed E-state index contributed by atoms with van der Waals surface area (Å²) in [6, 6.07) is 5.46. The van der Waals surface area contributed by atoms with Gasteiger partial charge in [-0.05, 0) is 18.6 Å². The number of aromatic nitrogens is 1. The van der Waals surface area contributed by atoms with E-state index in [0.717, 1.165) is 6.42 Å². The first kappa shape index (κ1) is 8.21. The summed E-state index contributed by atoms with van der Waals surface area (Å²) in [5, 5.41) is 11.3. The van der Waals surface area contributed by atoms with E-state index in [2.05, 4.69) is 4.98 Å². The molecule has 0 aromatic carbocycles. The third-order valence-corrected chi connectivity index (χ3v) is 1.57. The highest BCUT2D eigenvalue weighted by molar-refractivity contribution is 5.05. The van der Waals surface area contributed by atoms with Crippen molar-refractivity contribution in [2.75, 3.05) is 0 Å². The zero-order valence-corrected chi connectivity index (χ0v) is 6.66. The van der Waals surface area contributed by atoms with Crippen molar-refractivity contribution in [2.45, 2.75) is 25.9 Å². The van der Waals surface area contributed by atoms with E-state index in [0.29, 0.717) is 12.1 Å². The molecule has 1 radical (unpaired) electrons. The molecule has 0 saturated carbocycles. The van der Waals surface area contributed by atoms with Crippen LogP contribution < -0.4 is 0 Å². The topological polar surface area (TPSA) is 32.8 Å². The van der Waals surface area contributed by atoms with Crippen molar-refractivity contribution in [1.82, 2.24) is 4.98 Å². The fourth-order valence-electron chi connectivity index (χ4n) is 0.976. The van der Waals surface area contributed by atoms with Crippen LogP contribution in [0.4, 0.5) is 0 Å². The molecule has 0 aliphatic heterocycles. The number of pyridine rings is 1. The van der Waals surface area contributed by atoms with E-state index in [1.807, 2.05) is 19.1 Å². The molecule has 1 heterocycles. The Balaban J connectivity index is 2.61. The van der Waals surface area contributed by atoms with Gasteiger partial charge in [-0.15, -0.1) is 0 Å². The first-order valence-electron chi connectivity index (χ1n) is 3.91. The zero-order chi connectivity index (χ0) is 8.10. The molecule has 2 nitrogen and oxygen atoms in total. The highest BCUT2D eigenvalue weighted by atomic mass is 16.3. The lowest BCUT2D eigenvalue weighted by Gasteiger charge is -2.03. The Kier molecular flexibility index (Phi) is 3.05. The molecule has 0 spiro atoms. The van der Waals surface area contributed by atoms with Crippen molar-refractivity contribution < 1.29 is 5.11 Å². The second-order valence-corrected chi connectivity index (χ2v) is 2.53. The van der Waals surface area contributed by atoms with E-state index in [-0.39, 0.29) is 0 Å². The van der Waals surface area contributed by atoms with Crippen molar-refractivity contribution in [2.24, 2.45) is 0 Å². The first-order valence-corrected chi connectivity index (χ1v) is 3.91. The predicted octanol–water partition coefficient (Wildman–Crippen LogP) is 2.35. The van der Waals surface area contributed by atoms with Gasteiger partial charge < -0.3 is 0 Å². The summed E-state index contributed by atoms with van der Waals surface area (Å²) < 4.78 is 0. The van der Waals surface area contributed by atoms with Crippen LogP contribution in [0.1, 0.15) is 31.6 Å². The predicted molar refractivity (Wildman–Crippen MR) is 42.6 cm³/mol. The maximum absolute atomic E-state index is 11.3. The van der Waals surface area contributed by atoms with Crippen LogP contribution >= 0.6 is 0 Å². The summed E-state index contributed by atoms with van der Waals surface area (Å²) in [4.78, 5) is 3.98. The zero-order valence-electron chi connectivity index (χ0n) is 6.66. The standard InChI is InChI=1S/C9H12NO/c1-2-5-9(11)8-6-3-4-7-10-8/h3-4,6-7,9H,2,5H2,1H3. The van der Waals surface area contributed by atoms with Crippen molar-refractivity contribution in [3.8, 4) is 0 Å². The molecular weight excluding hydrogens is 138 g/mol. The lowest BCUT2D eigenvalue weighted by molar-refractivity contribution is 0.0768. The monoisotopic (exact) mass is 150 g/mol. The molecule has 1 aromatic rings. The lowest BCUT2D eigenvalue weighted by atomic mass is 10.1. The third kappa shape index (κ3) is 2.31. The van der Waals surface area contributed by atoms with Crippen molar-refractivity contribution in [1.29, 1.82) is 0 Å². The Morgan fingerprint density at radius 1 is 1.55 bits per heavy atom. The Hall–Kier alpha value is -0.890.